The number of hydrazone groups is 1. The van der Waals surface area contributed by atoms with Crippen molar-refractivity contribution in [1.82, 2.24) is 4.98 Å². The number of methoxy groups -OCH3 is 1. The lowest BCUT2D eigenvalue weighted by Crippen LogP contribution is -2.01. The highest BCUT2D eigenvalue weighted by atomic mass is 32.1. The predicted octanol–water partition coefficient (Wildman–Crippen LogP) is 6.77. The predicted molar refractivity (Wildman–Crippen MR) is 137 cm³/mol. The zero-order valence-electron chi connectivity index (χ0n) is 19.3. The van der Waals surface area contributed by atoms with Gasteiger partial charge in [0.2, 0.25) is 5.13 Å². The third kappa shape index (κ3) is 5.41. The molecule has 5 nitrogen and oxygen atoms in total. The molecule has 6 heteroatoms. The van der Waals surface area contributed by atoms with Gasteiger partial charge in [-0.05, 0) is 49.6 Å². The molecule has 0 aliphatic rings. The normalized spacial score (nSPS) is 11.0. The van der Waals surface area contributed by atoms with Crippen molar-refractivity contribution in [3.05, 3.63) is 93.9 Å². The molecule has 0 fully saturated rings. The van der Waals surface area contributed by atoms with Crippen LogP contribution in [0.2, 0.25) is 0 Å². The summed E-state index contributed by atoms with van der Waals surface area (Å²) >= 11 is 1.53. The number of aryl methyl sites for hydroxylation is 3. The van der Waals surface area contributed by atoms with Crippen LogP contribution in [-0.2, 0) is 6.61 Å². The Hall–Kier alpha value is -3.64. The minimum atomic E-state index is 0.445. The number of rotatable bonds is 8. The molecule has 0 amide bonds. The fourth-order valence-electron chi connectivity index (χ4n) is 3.86. The molecular weight excluding hydrogens is 430 g/mol. The molecule has 0 saturated heterocycles. The first-order valence-electron chi connectivity index (χ1n) is 10.7. The van der Waals surface area contributed by atoms with E-state index in [1.54, 1.807) is 13.3 Å². The third-order valence-electron chi connectivity index (χ3n) is 5.26. The minimum absolute atomic E-state index is 0.445. The molecule has 0 aliphatic heterocycles. The maximum atomic E-state index is 6.09. The second-order valence-electron chi connectivity index (χ2n) is 7.83. The highest BCUT2D eigenvalue weighted by Crippen LogP contribution is 2.32. The quantitative estimate of drug-likeness (QED) is 0.234. The van der Waals surface area contributed by atoms with Crippen LogP contribution in [-0.4, -0.2) is 18.3 Å². The molecule has 4 rings (SSSR count). The Morgan fingerprint density at radius 2 is 1.76 bits per heavy atom. The van der Waals surface area contributed by atoms with Crippen LogP contribution in [0.4, 0.5) is 5.13 Å². The van der Waals surface area contributed by atoms with E-state index in [-0.39, 0.29) is 0 Å². The van der Waals surface area contributed by atoms with Gasteiger partial charge in [0.15, 0.2) is 11.5 Å². The van der Waals surface area contributed by atoms with Crippen molar-refractivity contribution in [1.29, 1.82) is 0 Å². The molecule has 168 valence electrons. The molecule has 0 aliphatic carbocycles. The van der Waals surface area contributed by atoms with Gasteiger partial charge in [0, 0.05) is 16.5 Å². The van der Waals surface area contributed by atoms with E-state index in [9.17, 15) is 0 Å². The summed E-state index contributed by atoms with van der Waals surface area (Å²) in [5, 5.41) is 7.20. The van der Waals surface area contributed by atoms with E-state index in [4.69, 9.17) is 14.5 Å². The second-order valence-corrected chi connectivity index (χ2v) is 8.69. The zero-order chi connectivity index (χ0) is 23.2. The van der Waals surface area contributed by atoms with Gasteiger partial charge in [-0.2, -0.15) is 5.10 Å². The third-order valence-corrected chi connectivity index (χ3v) is 6.00. The zero-order valence-corrected chi connectivity index (χ0v) is 20.1. The van der Waals surface area contributed by atoms with Gasteiger partial charge < -0.3 is 9.47 Å². The van der Waals surface area contributed by atoms with E-state index in [1.807, 2.05) is 48.5 Å². The van der Waals surface area contributed by atoms with Crippen molar-refractivity contribution in [3.8, 4) is 22.8 Å². The number of hydrogen-bond acceptors (Lipinski definition) is 6. The lowest BCUT2D eigenvalue weighted by molar-refractivity contribution is 0.284. The molecule has 1 aromatic heterocycles. The molecule has 0 saturated carbocycles. The molecule has 33 heavy (non-hydrogen) atoms. The van der Waals surface area contributed by atoms with E-state index in [1.165, 1.54) is 33.6 Å². The highest BCUT2D eigenvalue weighted by Gasteiger charge is 2.12. The lowest BCUT2D eigenvalue weighted by Gasteiger charge is -2.13. The summed E-state index contributed by atoms with van der Waals surface area (Å²) in [6.07, 6.45) is 1.73. The maximum absolute atomic E-state index is 6.09. The van der Waals surface area contributed by atoms with Crippen LogP contribution in [0.25, 0.3) is 11.3 Å². The Kier molecular flexibility index (Phi) is 7.05. The lowest BCUT2D eigenvalue weighted by atomic mass is 9.98. The number of para-hydroxylation sites is 1. The molecule has 3 aromatic carbocycles. The van der Waals surface area contributed by atoms with Crippen LogP contribution >= 0.6 is 11.3 Å². The van der Waals surface area contributed by atoms with Gasteiger partial charge in [-0.3, -0.25) is 5.43 Å². The van der Waals surface area contributed by atoms with Gasteiger partial charge in [0.25, 0.3) is 0 Å². The van der Waals surface area contributed by atoms with E-state index in [0.717, 1.165) is 22.0 Å². The van der Waals surface area contributed by atoms with E-state index in [0.29, 0.717) is 18.1 Å². The number of ether oxygens (including phenoxy) is 2. The van der Waals surface area contributed by atoms with Crippen LogP contribution in [0.15, 0.2) is 71.1 Å². The van der Waals surface area contributed by atoms with Gasteiger partial charge in [-0.25, -0.2) is 4.98 Å². The van der Waals surface area contributed by atoms with Crippen molar-refractivity contribution in [3.63, 3.8) is 0 Å². The average Bonchev–Trinajstić information content (AvgIpc) is 3.26. The summed E-state index contributed by atoms with van der Waals surface area (Å²) in [5.74, 6) is 1.32. The fraction of sp³-hybridized carbons (Fsp3) is 0.185. The monoisotopic (exact) mass is 457 g/mol. The Morgan fingerprint density at radius 1 is 1.00 bits per heavy atom. The smallest absolute Gasteiger partial charge is 0.203 e. The van der Waals surface area contributed by atoms with Crippen molar-refractivity contribution < 1.29 is 9.47 Å². The summed E-state index contributed by atoms with van der Waals surface area (Å²) in [6, 6.07) is 20.2. The number of anilines is 1. The Morgan fingerprint density at radius 3 is 2.48 bits per heavy atom. The summed E-state index contributed by atoms with van der Waals surface area (Å²) in [5.41, 5.74) is 10.8. The summed E-state index contributed by atoms with van der Waals surface area (Å²) < 4.78 is 11.6. The molecule has 1 heterocycles. The van der Waals surface area contributed by atoms with Crippen molar-refractivity contribution >= 4 is 22.7 Å². The molecule has 0 spiro atoms. The first kappa shape index (κ1) is 22.6. The molecule has 1 N–H and O–H groups in total. The number of thiazole rings is 1. The second kappa shape index (κ2) is 10.3. The van der Waals surface area contributed by atoms with Crippen molar-refractivity contribution in [2.75, 3.05) is 12.5 Å². The van der Waals surface area contributed by atoms with Crippen molar-refractivity contribution in [2.24, 2.45) is 5.10 Å². The highest BCUT2D eigenvalue weighted by molar-refractivity contribution is 7.14. The Bertz CT molecular complexity index is 1240. The first-order valence-corrected chi connectivity index (χ1v) is 11.6. The van der Waals surface area contributed by atoms with E-state index >= 15 is 0 Å². The maximum Gasteiger partial charge on any atom is 0.203 e. The van der Waals surface area contributed by atoms with Gasteiger partial charge in [0.05, 0.1) is 19.0 Å². The summed E-state index contributed by atoms with van der Waals surface area (Å²) in [4.78, 5) is 4.73. The minimum Gasteiger partial charge on any atom is -0.493 e. The van der Waals surface area contributed by atoms with Gasteiger partial charge in [0.1, 0.15) is 6.61 Å². The van der Waals surface area contributed by atoms with Crippen LogP contribution in [0, 0.1) is 20.8 Å². The van der Waals surface area contributed by atoms with E-state index < -0.39 is 0 Å². The number of benzene rings is 3. The molecule has 0 unspecified atom stereocenters. The Balaban J connectivity index is 1.50. The standard InChI is InChI=1S/C27H27N3O2S/c1-18-13-19(2)25(20(3)14-18)23-17-33-27(29-23)30-28-15-22-11-8-12-24(31-4)26(22)32-16-21-9-6-5-7-10-21/h5-15,17H,16H2,1-4H3,(H,29,30)/b28-15-. The molecule has 4 aromatic rings. The topological polar surface area (TPSA) is 55.7 Å². The number of hydrogen-bond donors (Lipinski definition) is 1. The summed E-state index contributed by atoms with van der Waals surface area (Å²) in [7, 11) is 1.63. The fourth-order valence-corrected chi connectivity index (χ4v) is 4.51. The number of nitrogens with zero attached hydrogens (tertiary/aromatic N) is 2. The van der Waals surface area contributed by atoms with Gasteiger partial charge in [-0.15, -0.1) is 11.3 Å². The van der Waals surface area contributed by atoms with Crippen LogP contribution in [0.3, 0.4) is 0 Å². The number of nitrogens with one attached hydrogen (secondary N) is 1. The largest absolute Gasteiger partial charge is 0.493 e. The average molecular weight is 458 g/mol. The summed E-state index contributed by atoms with van der Waals surface area (Å²) in [6.45, 7) is 6.81. The van der Waals surface area contributed by atoms with Gasteiger partial charge in [-0.1, -0.05) is 54.1 Å². The molecule has 0 bridgehead atoms. The van der Waals surface area contributed by atoms with E-state index in [2.05, 4.69) is 48.8 Å². The van der Waals surface area contributed by atoms with Crippen LogP contribution in [0.1, 0.15) is 27.8 Å². The molecule has 0 atom stereocenters. The van der Waals surface area contributed by atoms with Crippen LogP contribution in [0.5, 0.6) is 11.5 Å². The first-order chi connectivity index (χ1) is 16.0. The van der Waals surface area contributed by atoms with Crippen LogP contribution < -0.4 is 14.9 Å². The SMILES string of the molecule is COc1cccc(/C=N\Nc2nc(-c3c(C)cc(C)cc3C)cs2)c1OCc1ccccc1. The van der Waals surface area contributed by atoms with Gasteiger partial charge >= 0.3 is 0 Å². The number of aromatic nitrogens is 1. The Labute approximate surface area is 198 Å². The van der Waals surface area contributed by atoms with Crippen molar-refractivity contribution in [2.45, 2.75) is 27.4 Å². The molecule has 0 radical (unpaired) electrons. The molecular formula is C27H27N3O2S.